The van der Waals surface area contributed by atoms with E-state index in [1.807, 2.05) is 6.92 Å². The van der Waals surface area contributed by atoms with E-state index in [-0.39, 0.29) is 12.1 Å². The van der Waals surface area contributed by atoms with Gasteiger partial charge in [-0.15, -0.1) is 0 Å². The van der Waals surface area contributed by atoms with Crippen molar-refractivity contribution in [3.05, 3.63) is 12.2 Å². The summed E-state index contributed by atoms with van der Waals surface area (Å²) < 4.78 is 12.2. The third kappa shape index (κ3) is 6.05. The van der Waals surface area contributed by atoms with Crippen molar-refractivity contribution in [2.45, 2.75) is 32.4 Å². The Labute approximate surface area is 99.6 Å². The van der Waals surface area contributed by atoms with Crippen LogP contribution in [0.4, 0.5) is 0 Å². The van der Waals surface area contributed by atoms with Crippen molar-refractivity contribution < 1.29 is 9.53 Å². The second kappa shape index (κ2) is 7.99. The molecule has 1 atom stereocenters. The summed E-state index contributed by atoms with van der Waals surface area (Å²) in [4.78, 5) is 11.3. The molecule has 1 unspecified atom stereocenters. The van der Waals surface area contributed by atoms with Crippen LogP contribution in [0, 0.1) is 0 Å². The quantitative estimate of drug-likeness (QED) is 0.312. The van der Waals surface area contributed by atoms with Crippen LogP contribution >= 0.6 is 0 Å². The van der Waals surface area contributed by atoms with Gasteiger partial charge in [0.15, 0.2) is 9.12 Å². The van der Waals surface area contributed by atoms with Gasteiger partial charge in [0.1, 0.15) is 6.10 Å². The molecule has 0 rings (SSSR count). The van der Waals surface area contributed by atoms with Gasteiger partial charge in [-0.05, 0) is 13.3 Å². The van der Waals surface area contributed by atoms with Gasteiger partial charge in [0, 0.05) is 11.6 Å². The molecule has 0 saturated carbocycles. The van der Waals surface area contributed by atoms with Gasteiger partial charge in [0.25, 0.3) is 0 Å². The zero-order valence-electron chi connectivity index (χ0n) is 10.1. The van der Waals surface area contributed by atoms with Crippen molar-refractivity contribution in [3.63, 3.8) is 0 Å². The number of carbonyl (C=O) groups is 1. The lowest BCUT2D eigenvalue weighted by Crippen LogP contribution is -2.47. The first-order chi connectivity index (χ1) is 7.04. The molecule has 0 amide bonds. The SMILES string of the molecule is C=C(C)C(=O)OC(CC)C[SiH](N[SiH3])N[SiH3]. The molecule has 0 heterocycles. The summed E-state index contributed by atoms with van der Waals surface area (Å²) in [6.07, 6.45) is 0.906. The third-order valence-electron chi connectivity index (χ3n) is 2.27. The minimum atomic E-state index is -1.04. The molecule has 0 fully saturated rings. The lowest BCUT2D eigenvalue weighted by Gasteiger charge is -2.21. The number of esters is 1. The van der Waals surface area contributed by atoms with Crippen LogP contribution in [0.25, 0.3) is 0 Å². The second-order valence-electron chi connectivity index (χ2n) is 3.58. The molecule has 0 saturated heterocycles. The van der Waals surface area contributed by atoms with Crippen molar-refractivity contribution in [2.75, 3.05) is 0 Å². The van der Waals surface area contributed by atoms with Gasteiger partial charge < -0.3 is 14.0 Å². The Balaban J connectivity index is 4.13. The van der Waals surface area contributed by atoms with Gasteiger partial charge in [0.05, 0.1) is 20.8 Å². The molecule has 0 radical (unpaired) electrons. The highest BCUT2D eigenvalue weighted by Gasteiger charge is 2.17. The minimum absolute atomic E-state index is 0.0359. The van der Waals surface area contributed by atoms with E-state index in [1.165, 1.54) is 0 Å². The van der Waals surface area contributed by atoms with Crippen LogP contribution in [0.15, 0.2) is 12.2 Å². The van der Waals surface area contributed by atoms with Crippen LogP contribution in [0.5, 0.6) is 0 Å². The maximum Gasteiger partial charge on any atom is 0.333 e. The fourth-order valence-corrected chi connectivity index (χ4v) is 7.79. The van der Waals surface area contributed by atoms with Gasteiger partial charge in [-0.2, -0.15) is 0 Å². The molecule has 0 aromatic carbocycles. The molecule has 0 spiro atoms. The topological polar surface area (TPSA) is 50.4 Å². The minimum Gasteiger partial charge on any atom is -0.459 e. The molecule has 0 aliphatic carbocycles. The van der Waals surface area contributed by atoms with Crippen molar-refractivity contribution >= 4 is 35.9 Å². The first-order valence-corrected chi connectivity index (χ1v) is 9.23. The first kappa shape index (κ1) is 14.8. The van der Waals surface area contributed by atoms with Gasteiger partial charge in [0.2, 0.25) is 0 Å². The van der Waals surface area contributed by atoms with E-state index in [4.69, 9.17) is 4.74 Å². The van der Waals surface area contributed by atoms with Gasteiger partial charge in [-0.1, -0.05) is 13.5 Å². The molecule has 88 valence electrons. The number of carbonyl (C=O) groups excluding carboxylic acids is 1. The molecule has 7 heteroatoms. The van der Waals surface area contributed by atoms with Crippen molar-refractivity contribution in [1.29, 1.82) is 0 Å². The van der Waals surface area contributed by atoms with Gasteiger partial charge in [-0.25, -0.2) is 4.79 Å². The Morgan fingerprint density at radius 2 is 2.07 bits per heavy atom. The summed E-state index contributed by atoms with van der Waals surface area (Å²) in [5.74, 6) is -0.267. The van der Waals surface area contributed by atoms with E-state index in [9.17, 15) is 4.79 Å². The number of hydrogen-bond donors (Lipinski definition) is 2. The smallest absolute Gasteiger partial charge is 0.333 e. The average molecular weight is 263 g/mol. The monoisotopic (exact) mass is 262 g/mol. The molecule has 2 N–H and O–H groups in total. The van der Waals surface area contributed by atoms with E-state index in [2.05, 4.69) is 15.9 Å². The Morgan fingerprint density at radius 3 is 2.40 bits per heavy atom. The predicted molar refractivity (Wildman–Crippen MR) is 73.1 cm³/mol. The van der Waals surface area contributed by atoms with Crippen LogP contribution in [-0.4, -0.2) is 42.0 Å². The normalized spacial score (nSPS) is 14.8. The summed E-state index contributed by atoms with van der Waals surface area (Å²) in [5, 5.41) is 0. The van der Waals surface area contributed by atoms with E-state index < -0.39 is 9.12 Å². The molecule has 0 aliphatic heterocycles. The highest BCUT2D eigenvalue weighted by Crippen LogP contribution is 2.08. The molecule has 0 aromatic heterocycles. The van der Waals surface area contributed by atoms with Crippen molar-refractivity contribution in [2.24, 2.45) is 0 Å². The Kier molecular flexibility index (Phi) is 7.88. The molecule has 15 heavy (non-hydrogen) atoms. The van der Waals surface area contributed by atoms with Crippen LogP contribution in [0.3, 0.4) is 0 Å². The van der Waals surface area contributed by atoms with E-state index >= 15 is 0 Å². The largest absolute Gasteiger partial charge is 0.459 e. The zero-order valence-corrected chi connectivity index (χ0v) is 15.2. The fourth-order valence-electron chi connectivity index (χ4n) is 1.19. The molecule has 4 nitrogen and oxygen atoms in total. The number of nitrogens with one attached hydrogen (secondary N) is 2. The fraction of sp³-hybridized carbons (Fsp3) is 0.625. The Hall–Kier alpha value is -0.219. The molecular weight excluding hydrogens is 240 g/mol. The van der Waals surface area contributed by atoms with Crippen LogP contribution < -0.4 is 9.30 Å². The summed E-state index contributed by atoms with van der Waals surface area (Å²) in [7, 11) is 0.956. The highest BCUT2D eigenvalue weighted by molar-refractivity contribution is 6.63. The predicted octanol–water partition coefficient (Wildman–Crippen LogP) is -2.16. The molecular formula is C8H22N2O2Si3. The molecule has 0 bridgehead atoms. The van der Waals surface area contributed by atoms with Gasteiger partial charge >= 0.3 is 5.97 Å². The summed E-state index contributed by atoms with van der Waals surface area (Å²) in [6, 6.07) is 0.961. The Bertz CT molecular complexity index is 222. The lowest BCUT2D eigenvalue weighted by atomic mass is 10.3. The summed E-state index contributed by atoms with van der Waals surface area (Å²) >= 11 is 0. The summed E-state index contributed by atoms with van der Waals surface area (Å²) in [6.45, 7) is 7.31. The second-order valence-corrected chi connectivity index (χ2v) is 9.78. The van der Waals surface area contributed by atoms with E-state index in [0.29, 0.717) is 5.57 Å². The van der Waals surface area contributed by atoms with Crippen molar-refractivity contribution in [1.82, 2.24) is 9.30 Å². The Morgan fingerprint density at radius 1 is 1.53 bits per heavy atom. The van der Waals surface area contributed by atoms with Crippen molar-refractivity contribution in [3.8, 4) is 0 Å². The molecule has 0 aromatic rings. The van der Waals surface area contributed by atoms with Crippen LogP contribution in [-0.2, 0) is 9.53 Å². The van der Waals surface area contributed by atoms with E-state index in [1.54, 1.807) is 6.92 Å². The van der Waals surface area contributed by atoms with Crippen LogP contribution in [0.1, 0.15) is 20.3 Å². The number of ether oxygens (including phenoxy) is 1. The standard InChI is InChI=1S/C8H22N2O2Si3/c1-4-7(5-15(9-13)10-14)12-8(11)6(2)3/h7,9-10,15H,2,4-5H2,1,3,13-14H3. The first-order valence-electron chi connectivity index (χ1n) is 5.26. The van der Waals surface area contributed by atoms with Crippen LogP contribution in [0.2, 0.25) is 6.04 Å². The highest BCUT2D eigenvalue weighted by atomic mass is 28.3. The maximum absolute atomic E-state index is 11.3. The zero-order chi connectivity index (χ0) is 11.8. The maximum atomic E-state index is 11.3. The summed E-state index contributed by atoms with van der Waals surface area (Å²) in [5.41, 5.74) is 0.476. The average Bonchev–Trinajstić information content (AvgIpc) is 2.23. The number of rotatable bonds is 7. The lowest BCUT2D eigenvalue weighted by molar-refractivity contribution is -0.143. The van der Waals surface area contributed by atoms with Gasteiger partial charge in [-0.3, -0.25) is 0 Å². The molecule has 0 aliphatic rings. The van der Waals surface area contributed by atoms with E-state index in [0.717, 1.165) is 33.3 Å². The number of hydrogen-bond acceptors (Lipinski definition) is 4. The third-order valence-corrected chi connectivity index (χ3v) is 8.85.